The van der Waals surface area contributed by atoms with Gasteiger partial charge in [-0.25, -0.2) is 4.98 Å². The third-order valence-corrected chi connectivity index (χ3v) is 3.56. The van der Waals surface area contributed by atoms with E-state index in [1.54, 1.807) is 6.26 Å². The van der Waals surface area contributed by atoms with Crippen molar-refractivity contribution in [2.75, 3.05) is 5.32 Å². The topological polar surface area (TPSA) is 81.2 Å². The molecule has 1 unspecified atom stereocenters. The van der Waals surface area contributed by atoms with Crippen LogP contribution < -0.4 is 11.1 Å². The van der Waals surface area contributed by atoms with Gasteiger partial charge in [-0.3, -0.25) is 4.79 Å². The number of nitrogens with two attached hydrogens (primary N) is 1. The Hall–Kier alpha value is -1.79. The van der Waals surface area contributed by atoms with Crippen LogP contribution in [0.1, 0.15) is 17.3 Å². The Balaban J connectivity index is 1.88. The average Bonchev–Trinajstić information content (AvgIpc) is 2.85. The Morgan fingerprint density at radius 2 is 2.33 bits per heavy atom. The first kappa shape index (κ1) is 11.3. The lowest BCUT2D eigenvalue weighted by molar-refractivity contribution is -0.116. The molecule has 18 heavy (non-hydrogen) atoms. The first-order chi connectivity index (χ1) is 8.63. The molecule has 0 spiro atoms. The number of carbonyl (C=O) groups is 1. The number of amides is 1. The summed E-state index contributed by atoms with van der Waals surface area (Å²) in [6, 6.07) is 5.08. The largest absolute Gasteiger partial charge is 0.439 e. The van der Waals surface area contributed by atoms with Gasteiger partial charge in [-0.1, -0.05) is 6.07 Å². The zero-order valence-corrected chi connectivity index (χ0v) is 10.5. The fraction of sp³-hybridized carbons (Fsp3) is 0.167. The third kappa shape index (κ3) is 1.89. The molecule has 0 aliphatic carbocycles. The van der Waals surface area contributed by atoms with Gasteiger partial charge in [-0.2, -0.15) is 0 Å². The maximum absolute atomic E-state index is 11.4. The smallest absolute Gasteiger partial charge is 0.260 e. The molecule has 1 aromatic heterocycles. The SMILES string of the molecule is Cc1coc(Sc2ccc3c(c2)NC(=O)C3N)n1. The molecule has 0 radical (unpaired) electrons. The minimum absolute atomic E-state index is 0.167. The summed E-state index contributed by atoms with van der Waals surface area (Å²) in [6.45, 7) is 1.87. The van der Waals surface area contributed by atoms with Crippen LogP contribution in [-0.4, -0.2) is 10.9 Å². The Labute approximate surface area is 108 Å². The second kappa shape index (κ2) is 4.15. The Morgan fingerprint density at radius 3 is 3.06 bits per heavy atom. The predicted octanol–water partition coefficient (Wildman–Crippen LogP) is 2.09. The Bertz CT molecular complexity index is 624. The molecule has 5 nitrogen and oxygen atoms in total. The summed E-state index contributed by atoms with van der Waals surface area (Å²) in [6.07, 6.45) is 1.60. The highest BCUT2D eigenvalue weighted by molar-refractivity contribution is 7.99. The van der Waals surface area contributed by atoms with E-state index in [1.807, 2.05) is 25.1 Å². The van der Waals surface area contributed by atoms with Crippen LogP contribution in [0, 0.1) is 6.92 Å². The molecule has 1 aliphatic rings. The molecule has 1 aromatic carbocycles. The molecule has 1 amide bonds. The number of hydrogen-bond donors (Lipinski definition) is 2. The van der Waals surface area contributed by atoms with Gasteiger partial charge >= 0.3 is 0 Å². The van der Waals surface area contributed by atoms with Crippen molar-refractivity contribution in [1.29, 1.82) is 0 Å². The molecular weight excluding hydrogens is 250 g/mol. The number of anilines is 1. The van der Waals surface area contributed by atoms with Gasteiger partial charge in [0.25, 0.3) is 5.22 Å². The average molecular weight is 261 g/mol. The number of oxazole rings is 1. The second-order valence-corrected chi connectivity index (χ2v) is 5.10. The number of aryl methyl sites for hydroxylation is 1. The van der Waals surface area contributed by atoms with Gasteiger partial charge in [0, 0.05) is 16.1 Å². The minimum Gasteiger partial charge on any atom is -0.439 e. The molecular formula is C12H11N3O2S. The second-order valence-electron chi connectivity index (χ2n) is 4.07. The molecule has 3 N–H and O–H groups in total. The molecule has 0 saturated carbocycles. The normalized spacial score (nSPS) is 17.7. The van der Waals surface area contributed by atoms with Crippen molar-refractivity contribution >= 4 is 23.4 Å². The molecule has 1 aliphatic heterocycles. The molecule has 2 heterocycles. The van der Waals surface area contributed by atoms with Crippen molar-refractivity contribution in [2.24, 2.45) is 5.73 Å². The number of aromatic nitrogens is 1. The zero-order valence-electron chi connectivity index (χ0n) is 9.64. The summed E-state index contributed by atoms with van der Waals surface area (Å²) in [7, 11) is 0. The number of rotatable bonds is 2. The summed E-state index contributed by atoms with van der Waals surface area (Å²) >= 11 is 1.41. The highest BCUT2D eigenvalue weighted by Crippen LogP contribution is 2.35. The van der Waals surface area contributed by atoms with Crippen LogP contribution in [0.25, 0.3) is 0 Å². The first-order valence-corrected chi connectivity index (χ1v) is 6.25. The number of nitrogens with one attached hydrogen (secondary N) is 1. The van der Waals surface area contributed by atoms with Crippen LogP contribution in [0.2, 0.25) is 0 Å². The maximum Gasteiger partial charge on any atom is 0.260 e. The quantitative estimate of drug-likeness (QED) is 0.865. The van der Waals surface area contributed by atoms with E-state index >= 15 is 0 Å². The minimum atomic E-state index is -0.567. The molecule has 6 heteroatoms. The first-order valence-electron chi connectivity index (χ1n) is 5.44. The lowest BCUT2D eigenvalue weighted by atomic mass is 10.1. The molecule has 3 rings (SSSR count). The van der Waals surface area contributed by atoms with Crippen LogP contribution in [0.5, 0.6) is 0 Å². The number of carbonyl (C=O) groups excluding carboxylic acids is 1. The molecule has 1 atom stereocenters. The van der Waals surface area contributed by atoms with Gasteiger partial charge in [0.15, 0.2) is 0 Å². The van der Waals surface area contributed by atoms with E-state index in [-0.39, 0.29) is 5.91 Å². The summed E-state index contributed by atoms with van der Waals surface area (Å²) in [5.41, 5.74) is 8.18. The van der Waals surface area contributed by atoms with Gasteiger partial charge in [0.05, 0.1) is 5.69 Å². The van der Waals surface area contributed by atoms with E-state index in [4.69, 9.17) is 10.2 Å². The Kier molecular flexibility index (Phi) is 2.61. The van der Waals surface area contributed by atoms with E-state index in [2.05, 4.69) is 10.3 Å². The van der Waals surface area contributed by atoms with Gasteiger partial charge in [-0.15, -0.1) is 0 Å². The van der Waals surface area contributed by atoms with E-state index in [1.165, 1.54) is 11.8 Å². The lowest BCUT2D eigenvalue weighted by Crippen LogP contribution is -2.19. The van der Waals surface area contributed by atoms with Crippen molar-refractivity contribution in [3.63, 3.8) is 0 Å². The van der Waals surface area contributed by atoms with Crippen molar-refractivity contribution < 1.29 is 9.21 Å². The molecule has 0 bridgehead atoms. The monoisotopic (exact) mass is 261 g/mol. The van der Waals surface area contributed by atoms with Crippen LogP contribution in [0.3, 0.4) is 0 Å². The molecule has 0 fully saturated rings. The van der Waals surface area contributed by atoms with E-state index in [0.717, 1.165) is 21.8 Å². The summed E-state index contributed by atoms with van der Waals surface area (Å²) in [5.74, 6) is -0.167. The van der Waals surface area contributed by atoms with Crippen LogP contribution in [0.4, 0.5) is 5.69 Å². The van der Waals surface area contributed by atoms with Crippen molar-refractivity contribution in [1.82, 2.24) is 4.98 Å². The van der Waals surface area contributed by atoms with Crippen LogP contribution >= 0.6 is 11.8 Å². The van der Waals surface area contributed by atoms with Crippen LogP contribution in [-0.2, 0) is 4.79 Å². The number of nitrogens with zero attached hydrogens (tertiary/aromatic N) is 1. The van der Waals surface area contributed by atoms with Gasteiger partial charge < -0.3 is 15.5 Å². The van der Waals surface area contributed by atoms with E-state index in [0.29, 0.717) is 5.22 Å². The summed E-state index contributed by atoms with van der Waals surface area (Å²) in [5, 5.41) is 3.33. The lowest BCUT2D eigenvalue weighted by Gasteiger charge is -2.03. The summed E-state index contributed by atoms with van der Waals surface area (Å²) in [4.78, 5) is 16.6. The standard InChI is InChI=1S/C12H11N3O2S/c1-6-5-17-12(14-6)18-7-2-3-8-9(4-7)15-11(16)10(8)13/h2-5,10H,13H2,1H3,(H,15,16). The molecule has 0 saturated heterocycles. The van der Waals surface area contributed by atoms with Crippen molar-refractivity contribution in [3.05, 3.63) is 35.7 Å². The predicted molar refractivity (Wildman–Crippen MR) is 67.4 cm³/mol. The molecule has 2 aromatic rings. The highest BCUT2D eigenvalue weighted by atomic mass is 32.2. The van der Waals surface area contributed by atoms with E-state index in [9.17, 15) is 4.79 Å². The molecule has 92 valence electrons. The number of benzene rings is 1. The van der Waals surface area contributed by atoms with Crippen molar-refractivity contribution in [3.8, 4) is 0 Å². The number of hydrogen-bond acceptors (Lipinski definition) is 5. The van der Waals surface area contributed by atoms with Crippen LogP contribution in [0.15, 0.2) is 39.0 Å². The maximum atomic E-state index is 11.4. The van der Waals surface area contributed by atoms with Gasteiger partial charge in [0.2, 0.25) is 5.91 Å². The highest BCUT2D eigenvalue weighted by Gasteiger charge is 2.27. The van der Waals surface area contributed by atoms with E-state index < -0.39 is 6.04 Å². The third-order valence-electron chi connectivity index (χ3n) is 2.70. The fourth-order valence-corrected chi connectivity index (χ4v) is 2.61. The fourth-order valence-electron chi connectivity index (χ4n) is 1.81. The number of fused-ring (bicyclic) bond motifs is 1. The van der Waals surface area contributed by atoms with Crippen molar-refractivity contribution in [2.45, 2.75) is 23.1 Å². The summed E-state index contributed by atoms with van der Waals surface area (Å²) < 4.78 is 5.27. The van der Waals surface area contributed by atoms with Gasteiger partial charge in [-0.05, 0) is 30.8 Å². The Morgan fingerprint density at radius 1 is 1.50 bits per heavy atom. The van der Waals surface area contributed by atoms with Gasteiger partial charge in [0.1, 0.15) is 12.3 Å². The zero-order chi connectivity index (χ0) is 12.7.